The maximum atomic E-state index is 13.6. The van der Waals surface area contributed by atoms with Gasteiger partial charge in [-0.2, -0.15) is 11.8 Å². The van der Waals surface area contributed by atoms with E-state index in [1.807, 2.05) is 17.7 Å². The lowest BCUT2D eigenvalue weighted by Gasteiger charge is -2.09. The molecule has 1 aromatic carbocycles. The minimum Gasteiger partial charge on any atom is -0.326 e. The van der Waals surface area contributed by atoms with Gasteiger partial charge in [0.25, 0.3) is 0 Å². The van der Waals surface area contributed by atoms with E-state index in [-0.39, 0.29) is 11.2 Å². The van der Waals surface area contributed by atoms with Crippen LogP contribution in [0.25, 0.3) is 11.0 Å². The third-order valence-electron chi connectivity index (χ3n) is 2.69. The molecule has 0 amide bonds. The van der Waals surface area contributed by atoms with E-state index >= 15 is 0 Å². The number of aromatic nitrogens is 2. The highest BCUT2D eigenvalue weighted by molar-refractivity contribution is 9.10. The topological polar surface area (TPSA) is 17.8 Å². The highest BCUT2D eigenvalue weighted by atomic mass is 79.9. The molecule has 0 spiro atoms. The van der Waals surface area contributed by atoms with Crippen LogP contribution in [0.3, 0.4) is 0 Å². The normalized spacial score (nSPS) is 13.2. The Balaban J connectivity index is 2.61. The van der Waals surface area contributed by atoms with Gasteiger partial charge in [-0.3, -0.25) is 0 Å². The Hall–Kier alpha value is -0.260. The van der Waals surface area contributed by atoms with Crippen molar-refractivity contribution in [1.82, 2.24) is 9.55 Å². The number of benzene rings is 1. The first kappa shape index (κ1) is 14.2. The van der Waals surface area contributed by atoms with Gasteiger partial charge < -0.3 is 4.57 Å². The summed E-state index contributed by atoms with van der Waals surface area (Å²) in [6.07, 6.45) is 2.04. The highest BCUT2D eigenvalue weighted by Crippen LogP contribution is 2.28. The first-order valence-electron chi connectivity index (χ1n) is 5.52. The van der Waals surface area contributed by atoms with Crippen molar-refractivity contribution >= 4 is 50.3 Å². The van der Waals surface area contributed by atoms with Crippen LogP contribution in [0, 0.1) is 5.82 Å². The standard InChI is InChI=1S/C12H13BrClFN2S/c1-7(14)12-16-10-5-8(13)9(15)6-11(10)17(12)3-4-18-2/h5-7H,3-4H2,1-2H3. The summed E-state index contributed by atoms with van der Waals surface area (Å²) >= 11 is 11.1. The van der Waals surface area contributed by atoms with Gasteiger partial charge in [0.2, 0.25) is 0 Å². The van der Waals surface area contributed by atoms with Crippen LogP contribution in [0.4, 0.5) is 4.39 Å². The van der Waals surface area contributed by atoms with E-state index in [2.05, 4.69) is 20.9 Å². The molecule has 0 aliphatic carbocycles. The van der Waals surface area contributed by atoms with Crippen LogP contribution in [0.5, 0.6) is 0 Å². The minimum absolute atomic E-state index is 0.193. The van der Waals surface area contributed by atoms with Crippen molar-refractivity contribution in [3.05, 3.63) is 28.2 Å². The summed E-state index contributed by atoms with van der Waals surface area (Å²) in [5.41, 5.74) is 1.57. The van der Waals surface area contributed by atoms with Crippen LogP contribution >= 0.6 is 39.3 Å². The van der Waals surface area contributed by atoms with Crippen LogP contribution in [0.15, 0.2) is 16.6 Å². The maximum absolute atomic E-state index is 13.6. The molecule has 0 saturated heterocycles. The lowest BCUT2D eigenvalue weighted by molar-refractivity contribution is 0.621. The Morgan fingerprint density at radius 1 is 1.56 bits per heavy atom. The van der Waals surface area contributed by atoms with Crippen LogP contribution in [-0.4, -0.2) is 21.6 Å². The molecule has 0 N–H and O–H groups in total. The second-order valence-electron chi connectivity index (χ2n) is 3.99. The van der Waals surface area contributed by atoms with Gasteiger partial charge in [0.1, 0.15) is 11.6 Å². The predicted molar refractivity (Wildman–Crippen MR) is 80.0 cm³/mol. The molecule has 0 aliphatic heterocycles. The monoisotopic (exact) mass is 350 g/mol. The fraction of sp³-hybridized carbons (Fsp3) is 0.417. The van der Waals surface area contributed by atoms with Crippen molar-refractivity contribution in [2.24, 2.45) is 0 Å². The van der Waals surface area contributed by atoms with Gasteiger partial charge >= 0.3 is 0 Å². The van der Waals surface area contributed by atoms with E-state index in [9.17, 15) is 4.39 Å². The lowest BCUT2D eigenvalue weighted by Crippen LogP contribution is -2.06. The molecule has 2 aromatic rings. The molecular weight excluding hydrogens is 339 g/mol. The van der Waals surface area contributed by atoms with E-state index in [0.29, 0.717) is 4.47 Å². The molecule has 1 heterocycles. The Bertz CT molecular complexity index is 571. The quantitative estimate of drug-likeness (QED) is 0.749. The second kappa shape index (κ2) is 5.80. The molecular formula is C12H13BrClFN2S. The second-order valence-corrected chi connectivity index (χ2v) is 6.48. The van der Waals surface area contributed by atoms with E-state index in [0.717, 1.165) is 29.2 Å². The van der Waals surface area contributed by atoms with Gasteiger partial charge in [-0.1, -0.05) is 0 Å². The first-order chi connectivity index (χ1) is 8.54. The van der Waals surface area contributed by atoms with E-state index in [1.54, 1.807) is 17.8 Å². The van der Waals surface area contributed by atoms with Crippen molar-refractivity contribution in [1.29, 1.82) is 0 Å². The molecule has 1 unspecified atom stereocenters. The number of nitrogens with zero attached hydrogens (tertiary/aromatic N) is 2. The molecule has 6 heteroatoms. The number of halogens is 3. The Labute approximate surface area is 123 Å². The number of alkyl halides is 1. The van der Waals surface area contributed by atoms with Crippen molar-refractivity contribution in [2.75, 3.05) is 12.0 Å². The lowest BCUT2D eigenvalue weighted by atomic mass is 10.3. The van der Waals surface area contributed by atoms with Crippen molar-refractivity contribution in [2.45, 2.75) is 18.8 Å². The molecule has 1 aromatic heterocycles. The molecule has 0 aliphatic rings. The number of hydrogen-bond donors (Lipinski definition) is 0. The molecule has 0 radical (unpaired) electrons. The summed E-state index contributed by atoms with van der Waals surface area (Å²) < 4.78 is 16.1. The van der Waals surface area contributed by atoms with E-state index in [4.69, 9.17) is 11.6 Å². The third-order valence-corrected chi connectivity index (χ3v) is 4.09. The molecule has 18 heavy (non-hydrogen) atoms. The number of rotatable bonds is 4. The SMILES string of the molecule is CSCCn1c(C(C)Cl)nc2cc(Br)c(F)cc21. The first-order valence-corrected chi connectivity index (χ1v) is 8.15. The van der Waals surface area contributed by atoms with Crippen LogP contribution in [0.2, 0.25) is 0 Å². The Morgan fingerprint density at radius 2 is 2.28 bits per heavy atom. The van der Waals surface area contributed by atoms with Crippen molar-refractivity contribution in [3.63, 3.8) is 0 Å². The van der Waals surface area contributed by atoms with Gasteiger partial charge in [0.05, 0.1) is 20.9 Å². The molecule has 0 saturated carbocycles. The molecule has 0 fully saturated rings. The number of imidazole rings is 1. The zero-order chi connectivity index (χ0) is 13.3. The summed E-state index contributed by atoms with van der Waals surface area (Å²) in [7, 11) is 0. The summed E-state index contributed by atoms with van der Waals surface area (Å²) in [5.74, 6) is 1.46. The molecule has 1 atom stereocenters. The average molecular weight is 352 g/mol. The summed E-state index contributed by atoms with van der Waals surface area (Å²) in [5, 5.41) is -0.193. The fourth-order valence-corrected chi connectivity index (χ4v) is 2.72. The number of fused-ring (bicyclic) bond motifs is 1. The van der Waals surface area contributed by atoms with Crippen LogP contribution < -0.4 is 0 Å². The smallest absolute Gasteiger partial charge is 0.139 e. The molecule has 2 nitrogen and oxygen atoms in total. The van der Waals surface area contributed by atoms with Gasteiger partial charge in [-0.05, 0) is 35.2 Å². The fourth-order valence-electron chi connectivity index (χ4n) is 1.86. The van der Waals surface area contributed by atoms with Crippen LogP contribution in [0.1, 0.15) is 18.1 Å². The van der Waals surface area contributed by atoms with E-state index < -0.39 is 0 Å². The highest BCUT2D eigenvalue weighted by Gasteiger charge is 2.16. The number of thioether (sulfide) groups is 1. The van der Waals surface area contributed by atoms with Gasteiger partial charge in [0.15, 0.2) is 0 Å². The van der Waals surface area contributed by atoms with Crippen molar-refractivity contribution < 1.29 is 4.39 Å². The molecule has 0 bridgehead atoms. The zero-order valence-corrected chi connectivity index (χ0v) is 13.2. The Kier molecular flexibility index (Phi) is 4.56. The zero-order valence-electron chi connectivity index (χ0n) is 10.1. The number of aryl methyl sites for hydroxylation is 1. The minimum atomic E-state index is -0.276. The summed E-state index contributed by atoms with van der Waals surface area (Å²) in [4.78, 5) is 4.49. The third kappa shape index (κ3) is 2.68. The largest absolute Gasteiger partial charge is 0.326 e. The number of hydrogen-bond acceptors (Lipinski definition) is 2. The van der Waals surface area contributed by atoms with Gasteiger partial charge in [-0.15, -0.1) is 11.6 Å². The molecule has 2 rings (SSSR count). The summed E-state index contributed by atoms with van der Waals surface area (Å²) in [6.45, 7) is 2.66. The predicted octanol–water partition coefficient (Wildman–Crippen LogP) is 4.60. The van der Waals surface area contributed by atoms with Gasteiger partial charge in [-0.25, -0.2) is 9.37 Å². The van der Waals surface area contributed by atoms with E-state index in [1.165, 1.54) is 6.07 Å². The van der Waals surface area contributed by atoms with Crippen LogP contribution in [-0.2, 0) is 6.54 Å². The molecule has 98 valence electrons. The van der Waals surface area contributed by atoms with Gasteiger partial charge in [0, 0.05) is 18.4 Å². The Morgan fingerprint density at radius 3 is 2.89 bits per heavy atom. The average Bonchev–Trinajstić information content (AvgIpc) is 2.65. The maximum Gasteiger partial charge on any atom is 0.139 e. The summed E-state index contributed by atoms with van der Waals surface area (Å²) in [6, 6.07) is 3.21. The van der Waals surface area contributed by atoms with Crippen molar-refractivity contribution in [3.8, 4) is 0 Å².